The molecule has 5 heteroatoms. The fourth-order valence-electron chi connectivity index (χ4n) is 3.27. The Morgan fingerprint density at radius 1 is 0.952 bits per heavy atom. The third-order valence-electron chi connectivity index (χ3n) is 5.14. The highest BCUT2D eigenvalue weighted by Gasteiger charge is 2.56. The molecular weight excluding hydrogens is 279 g/mol. The molecule has 3 nitrogen and oxygen atoms in total. The molecule has 0 radical (unpaired) electrons. The average Bonchev–Trinajstić information content (AvgIpc) is 2.55. The molecule has 0 aromatic heterocycles. The van der Waals surface area contributed by atoms with Crippen LogP contribution in [0.25, 0.3) is 0 Å². The van der Waals surface area contributed by atoms with Crippen LogP contribution in [-0.2, 0) is 13.7 Å². The highest BCUT2D eigenvalue weighted by atomic mass is 28.4. The van der Waals surface area contributed by atoms with Gasteiger partial charge in [0.15, 0.2) is 8.32 Å². The van der Waals surface area contributed by atoms with Crippen LogP contribution in [0.5, 0.6) is 0 Å². The maximum atomic E-state index is 6.54. The van der Waals surface area contributed by atoms with Gasteiger partial charge in [-0.25, -0.2) is 0 Å². The summed E-state index contributed by atoms with van der Waals surface area (Å²) in [5, 5.41) is 0. The second-order valence-electron chi connectivity index (χ2n) is 8.72. The number of rotatable bonds is 4. The molecule has 122 valence electrons. The molecule has 0 amide bonds. The lowest BCUT2D eigenvalue weighted by Crippen LogP contribution is -2.48. The molecule has 0 aromatic rings. The van der Waals surface area contributed by atoms with E-state index in [0.29, 0.717) is 5.92 Å². The van der Waals surface area contributed by atoms with Gasteiger partial charge < -0.3 is 13.7 Å². The minimum Gasteiger partial charge on any atom is -0.416 e. The number of hydrogen-bond acceptors (Lipinski definition) is 3. The summed E-state index contributed by atoms with van der Waals surface area (Å²) in [4.78, 5) is 0. The quantitative estimate of drug-likeness (QED) is 0.719. The maximum absolute atomic E-state index is 6.54. The van der Waals surface area contributed by atoms with E-state index in [1.165, 1.54) is 32.1 Å². The maximum Gasteiger partial charge on any atom is 0.487 e. The Morgan fingerprint density at radius 3 is 1.86 bits per heavy atom. The molecule has 0 bridgehead atoms. The van der Waals surface area contributed by atoms with Gasteiger partial charge in [0.1, 0.15) is 0 Å². The molecule has 2 aliphatic rings. The second kappa shape index (κ2) is 5.99. The Hall–Kier alpha value is 0.162. The third kappa shape index (κ3) is 4.12. The molecule has 2 fully saturated rings. The molecule has 0 N–H and O–H groups in total. The molecule has 0 spiro atoms. The lowest BCUT2D eigenvalue weighted by atomic mass is 9.69. The zero-order valence-electron chi connectivity index (χ0n) is 15.0. The molecule has 1 saturated heterocycles. The van der Waals surface area contributed by atoms with Crippen LogP contribution in [0.1, 0.15) is 59.8 Å². The molecule has 1 aliphatic heterocycles. The fourth-order valence-corrected chi connectivity index (χ4v) is 4.39. The Bertz CT molecular complexity index is 343. The van der Waals surface area contributed by atoms with Crippen molar-refractivity contribution in [1.82, 2.24) is 0 Å². The van der Waals surface area contributed by atoms with Gasteiger partial charge in [-0.05, 0) is 66.1 Å². The standard InChI is InChI=1S/C16H33BO3Si/c1-15(2)16(3,4)20-17(19-15)14(18-21(5,6)7)13-11-9-8-10-12-13/h13-14H,8-12H2,1-7H3/t14-/m1/s1. The Morgan fingerprint density at radius 2 is 1.43 bits per heavy atom. The zero-order chi connectivity index (χ0) is 15.9. The van der Waals surface area contributed by atoms with Crippen LogP contribution in [-0.4, -0.2) is 32.6 Å². The van der Waals surface area contributed by atoms with E-state index in [-0.39, 0.29) is 24.3 Å². The highest BCUT2D eigenvalue weighted by Crippen LogP contribution is 2.41. The molecule has 1 aliphatic carbocycles. The lowest BCUT2D eigenvalue weighted by molar-refractivity contribution is 0.00578. The van der Waals surface area contributed by atoms with Crippen LogP contribution >= 0.6 is 0 Å². The van der Waals surface area contributed by atoms with Gasteiger partial charge in [0, 0.05) is 0 Å². The van der Waals surface area contributed by atoms with Crippen molar-refractivity contribution in [3.8, 4) is 0 Å². The fraction of sp³-hybridized carbons (Fsp3) is 1.00. The first-order chi connectivity index (χ1) is 9.52. The van der Waals surface area contributed by atoms with Gasteiger partial charge in [0.25, 0.3) is 0 Å². The van der Waals surface area contributed by atoms with Gasteiger partial charge in [-0.15, -0.1) is 0 Å². The van der Waals surface area contributed by atoms with Gasteiger partial charge >= 0.3 is 7.12 Å². The monoisotopic (exact) mass is 312 g/mol. The van der Waals surface area contributed by atoms with Crippen LogP contribution < -0.4 is 0 Å². The van der Waals surface area contributed by atoms with Crippen molar-refractivity contribution >= 4 is 15.4 Å². The van der Waals surface area contributed by atoms with Crippen LogP contribution in [0, 0.1) is 5.92 Å². The van der Waals surface area contributed by atoms with E-state index >= 15 is 0 Å². The summed E-state index contributed by atoms with van der Waals surface area (Å²) in [6, 6.07) is 0.0954. The van der Waals surface area contributed by atoms with Crippen molar-refractivity contribution < 1.29 is 13.7 Å². The van der Waals surface area contributed by atoms with Crippen molar-refractivity contribution in [3.63, 3.8) is 0 Å². The van der Waals surface area contributed by atoms with Crippen LogP contribution in [0.4, 0.5) is 0 Å². The molecule has 1 saturated carbocycles. The van der Waals surface area contributed by atoms with Crippen molar-refractivity contribution in [3.05, 3.63) is 0 Å². The van der Waals surface area contributed by atoms with Gasteiger partial charge in [-0.3, -0.25) is 0 Å². The largest absolute Gasteiger partial charge is 0.487 e. The van der Waals surface area contributed by atoms with Crippen LogP contribution in [0.2, 0.25) is 19.6 Å². The molecule has 21 heavy (non-hydrogen) atoms. The van der Waals surface area contributed by atoms with Crippen LogP contribution in [0.15, 0.2) is 0 Å². The lowest BCUT2D eigenvalue weighted by Gasteiger charge is -2.35. The highest BCUT2D eigenvalue weighted by molar-refractivity contribution is 6.70. The van der Waals surface area contributed by atoms with E-state index in [9.17, 15) is 0 Å². The van der Waals surface area contributed by atoms with E-state index in [2.05, 4.69) is 47.3 Å². The first-order valence-electron chi connectivity index (χ1n) is 8.55. The third-order valence-corrected chi connectivity index (χ3v) is 6.12. The topological polar surface area (TPSA) is 27.7 Å². The summed E-state index contributed by atoms with van der Waals surface area (Å²) in [7, 11) is -1.84. The van der Waals surface area contributed by atoms with Crippen molar-refractivity contribution in [2.75, 3.05) is 0 Å². The van der Waals surface area contributed by atoms with Crippen molar-refractivity contribution in [1.29, 1.82) is 0 Å². The summed E-state index contributed by atoms with van der Waals surface area (Å²) in [6.45, 7) is 15.3. The first kappa shape index (κ1) is 17.5. The minimum atomic E-state index is -1.62. The van der Waals surface area contributed by atoms with E-state index in [1.54, 1.807) is 0 Å². The summed E-state index contributed by atoms with van der Waals surface area (Å²) in [6.07, 6.45) is 6.49. The molecule has 1 atom stereocenters. The second-order valence-corrected chi connectivity index (χ2v) is 13.2. The number of hydrogen-bond donors (Lipinski definition) is 0. The van der Waals surface area contributed by atoms with E-state index in [0.717, 1.165) is 0 Å². The van der Waals surface area contributed by atoms with Crippen LogP contribution in [0.3, 0.4) is 0 Å². The predicted molar refractivity (Wildman–Crippen MR) is 90.9 cm³/mol. The molecule has 0 aromatic carbocycles. The smallest absolute Gasteiger partial charge is 0.416 e. The summed E-state index contributed by atoms with van der Waals surface area (Å²) >= 11 is 0. The minimum absolute atomic E-state index is 0.0954. The van der Waals surface area contributed by atoms with E-state index in [4.69, 9.17) is 13.7 Å². The molecule has 1 heterocycles. The average molecular weight is 312 g/mol. The summed E-state index contributed by atoms with van der Waals surface area (Å²) in [5.41, 5.74) is -0.541. The zero-order valence-corrected chi connectivity index (χ0v) is 16.0. The first-order valence-corrected chi connectivity index (χ1v) is 12.0. The Labute approximate surface area is 132 Å². The van der Waals surface area contributed by atoms with Gasteiger partial charge in [-0.2, -0.15) is 0 Å². The van der Waals surface area contributed by atoms with Gasteiger partial charge in [-0.1, -0.05) is 19.3 Å². The molecule has 2 rings (SSSR count). The van der Waals surface area contributed by atoms with Gasteiger partial charge in [0.2, 0.25) is 0 Å². The van der Waals surface area contributed by atoms with Gasteiger partial charge in [0.05, 0.1) is 17.2 Å². The SMILES string of the molecule is CC1(C)OB([C@H](O[Si](C)(C)C)C2CCCCC2)OC1(C)C. The van der Waals surface area contributed by atoms with Crippen molar-refractivity contribution in [2.24, 2.45) is 5.92 Å². The summed E-state index contributed by atoms with van der Waals surface area (Å²) in [5.74, 6) is 0.583. The van der Waals surface area contributed by atoms with Crippen molar-refractivity contribution in [2.45, 2.75) is 96.6 Å². The predicted octanol–water partition coefficient (Wildman–Crippen LogP) is 4.42. The summed E-state index contributed by atoms with van der Waals surface area (Å²) < 4.78 is 19.1. The van der Waals surface area contributed by atoms with E-state index < -0.39 is 8.32 Å². The molecular formula is C16H33BO3Si. The molecule has 0 unspecified atom stereocenters. The Balaban J connectivity index is 2.16. The Kier molecular flexibility index (Phi) is 4.99. The normalized spacial score (nSPS) is 27.9. The van der Waals surface area contributed by atoms with E-state index in [1.807, 2.05) is 0 Å².